The molecule has 3 aromatic carbocycles. The number of amides is 2. The number of anilines is 2. The van der Waals surface area contributed by atoms with E-state index >= 15 is 0 Å². The smallest absolute Gasteiger partial charge is 0.257 e. The van der Waals surface area contributed by atoms with E-state index in [1.165, 1.54) is 0 Å². The Hall–Kier alpha value is -3.23. The van der Waals surface area contributed by atoms with Gasteiger partial charge in [-0.2, -0.15) is 0 Å². The van der Waals surface area contributed by atoms with Crippen molar-refractivity contribution in [1.82, 2.24) is 5.32 Å². The van der Waals surface area contributed by atoms with Crippen LogP contribution in [0.2, 0.25) is 0 Å². The lowest BCUT2D eigenvalue weighted by Gasteiger charge is -2.12. The van der Waals surface area contributed by atoms with Crippen molar-refractivity contribution < 1.29 is 14.3 Å². The molecule has 0 saturated carbocycles. The summed E-state index contributed by atoms with van der Waals surface area (Å²) in [6, 6.07) is 21.6. The second-order valence-corrected chi connectivity index (χ2v) is 7.81. The van der Waals surface area contributed by atoms with Crippen molar-refractivity contribution in [2.75, 3.05) is 17.7 Å². The van der Waals surface area contributed by atoms with Crippen molar-refractivity contribution in [3.05, 3.63) is 88.4 Å². The Bertz CT molecular complexity index is 1110. The van der Waals surface area contributed by atoms with Crippen molar-refractivity contribution >= 4 is 56.4 Å². The van der Waals surface area contributed by atoms with Crippen molar-refractivity contribution in [3.63, 3.8) is 0 Å². The van der Waals surface area contributed by atoms with Gasteiger partial charge in [0.1, 0.15) is 5.75 Å². The first-order valence-corrected chi connectivity index (χ1v) is 10.5. The zero-order valence-corrected chi connectivity index (χ0v) is 19.0. The first-order chi connectivity index (χ1) is 14.9. The lowest BCUT2D eigenvalue weighted by atomic mass is 10.1. The van der Waals surface area contributed by atoms with Gasteiger partial charge < -0.3 is 15.4 Å². The minimum absolute atomic E-state index is 0.121. The topological polar surface area (TPSA) is 79.5 Å². The van der Waals surface area contributed by atoms with E-state index in [0.29, 0.717) is 27.2 Å². The highest BCUT2D eigenvalue weighted by Crippen LogP contribution is 2.25. The average Bonchev–Trinajstić information content (AvgIpc) is 2.74. The molecule has 3 aromatic rings. The van der Waals surface area contributed by atoms with Crippen LogP contribution >= 0.6 is 28.1 Å². The molecule has 8 heteroatoms. The molecule has 3 N–H and O–H groups in total. The first-order valence-electron chi connectivity index (χ1n) is 9.34. The van der Waals surface area contributed by atoms with Gasteiger partial charge in [-0.05, 0) is 70.1 Å². The van der Waals surface area contributed by atoms with Crippen LogP contribution in [0.5, 0.6) is 5.75 Å². The van der Waals surface area contributed by atoms with Gasteiger partial charge in [-0.15, -0.1) is 0 Å². The Kier molecular flexibility index (Phi) is 7.75. The van der Waals surface area contributed by atoms with E-state index in [1.807, 2.05) is 30.3 Å². The lowest BCUT2D eigenvalue weighted by Crippen LogP contribution is -2.34. The van der Waals surface area contributed by atoms with Gasteiger partial charge in [0.25, 0.3) is 5.91 Å². The van der Waals surface area contributed by atoms with Crippen molar-refractivity contribution in [2.24, 2.45) is 0 Å². The van der Waals surface area contributed by atoms with E-state index in [0.717, 1.165) is 5.56 Å². The fourth-order valence-corrected chi connectivity index (χ4v) is 3.56. The highest BCUT2D eigenvalue weighted by molar-refractivity contribution is 9.10. The first kappa shape index (κ1) is 22.5. The van der Waals surface area contributed by atoms with Crippen LogP contribution in [0.15, 0.2) is 77.3 Å². The number of ether oxygens (including phenoxy) is 1. The summed E-state index contributed by atoms with van der Waals surface area (Å²) in [6.07, 6.45) is 0.282. The summed E-state index contributed by atoms with van der Waals surface area (Å²) in [4.78, 5) is 24.7. The Balaban J connectivity index is 1.57. The second-order valence-electron chi connectivity index (χ2n) is 6.55. The SMILES string of the molecule is COc1ccc(C(=O)NC(=S)Nc2cccc(NC(=O)Cc3ccccc3)c2)cc1Br. The zero-order chi connectivity index (χ0) is 22.2. The molecule has 3 rings (SSSR count). The lowest BCUT2D eigenvalue weighted by molar-refractivity contribution is -0.115. The average molecular weight is 498 g/mol. The molecule has 0 aliphatic carbocycles. The van der Waals surface area contributed by atoms with Gasteiger partial charge >= 0.3 is 0 Å². The number of nitrogens with one attached hydrogen (secondary N) is 3. The molecule has 0 bridgehead atoms. The van der Waals surface area contributed by atoms with Gasteiger partial charge in [0.05, 0.1) is 18.0 Å². The van der Waals surface area contributed by atoms with Crippen LogP contribution in [0, 0.1) is 0 Å². The van der Waals surface area contributed by atoms with Crippen molar-refractivity contribution in [1.29, 1.82) is 0 Å². The van der Waals surface area contributed by atoms with E-state index in [-0.39, 0.29) is 23.3 Å². The molecule has 2 amide bonds. The summed E-state index contributed by atoms with van der Waals surface area (Å²) in [5.74, 6) is 0.154. The third-order valence-electron chi connectivity index (χ3n) is 4.25. The molecule has 6 nitrogen and oxygen atoms in total. The largest absolute Gasteiger partial charge is 0.496 e. The molecule has 0 aliphatic rings. The van der Waals surface area contributed by atoms with Crippen molar-refractivity contribution in [3.8, 4) is 5.75 Å². The Labute approximate surface area is 194 Å². The Morgan fingerprint density at radius 2 is 1.65 bits per heavy atom. The highest BCUT2D eigenvalue weighted by Gasteiger charge is 2.11. The molecule has 0 aromatic heterocycles. The summed E-state index contributed by atoms with van der Waals surface area (Å²) in [5, 5.41) is 8.59. The molecule has 31 heavy (non-hydrogen) atoms. The fourth-order valence-electron chi connectivity index (χ4n) is 2.81. The van der Waals surface area contributed by atoms with E-state index in [4.69, 9.17) is 17.0 Å². The van der Waals surface area contributed by atoms with Crippen LogP contribution in [0.1, 0.15) is 15.9 Å². The molecule has 0 saturated heterocycles. The number of thiocarbonyl (C=S) groups is 1. The summed E-state index contributed by atoms with van der Waals surface area (Å²) >= 11 is 8.60. The predicted octanol–water partition coefficient (Wildman–Crippen LogP) is 4.77. The number of hydrogen-bond donors (Lipinski definition) is 3. The van der Waals surface area contributed by atoms with Crippen molar-refractivity contribution in [2.45, 2.75) is 6.42 Å². The van der Waals surface area contributed by atoms with Gasteiger partial charge in [-0.3, -0.25) is 14.9 Å². The zero-order valence-electron chi connectivity index (χ0n) is 16.6. The molecule has 0 aliphatic heterocycles. The third kappa shape index (κ3) is 6.63. The Morgan fingerprint density at radius 1 is 0.935 bits per heavy atom. The molecule has 0 fully saturated rings. The highest BCUT2D eigenvalue weighted by atomic mass is 79.9. The van der Waals surface area contributed by atoms with Gasteiger partial charge in [0.15, 0.2) is 5.11 Å². The van der Waals surface area contributed by atoms with Crippen LogP contribution in [-0.4, -0.2) is 24.0 Å². The molecular weight excluding hydrogens is 478 g/mol. The maximum absolute atomic E-state index is 12.4. The van der Waals surface area contributed by atoms with E-state index in [1.54, 1.807) is 49.6 Å². The number of carbonyl (C=O) groups excluding carboxylic acids is 2. The quantitative estimate of drug-likeness (QED) is 0.427. The summed E-state index contributed by atoms with van der Waals surface area (Å²) in [6.45, 7) is 0. The fraction of sp³-hybridized carbons (Fsp3) is 0.0870. The minimum Gasteiger partial charge on any atom is -0.496 e. The summed E-state index contributed by atoms with van der Waals surface area (Å²) in [5.41, 5.74) is 2.62. The number of hydrogen-bond acceptors (Lipinski definition) is 4. The number of halogens is 1. The van der Waals surface area contributed by atoms with Crippen LogP contribution in [0.25, 0.3) is 0 Å². The monoisotopic (exact) mass is 497 g/mol. The van der Waals surface area contributed by atoms with Gasteiger partial charge in [0, 0.05) is 16.9 Å². The van der Waals surface area contributed by atoms with Crippen LogP contribution < -0.4 is 20.7 Å². The van der Waals surface area contributed by atoms with Gasteiger partial charge in [-0.1, -0.05) is 36.4 Å². The minimum atomic E-state index is -0.354. The molecule has 0 atom stereocenters. The molecular formula is C23H20BrN3O3S. The Morgan fingerprint density at radius 3 is 2.32 bits per heavy atom. The number of methoxy groups -OCH3 is 1. The number of carbonyl (C=O) groups is 2. The molecule has 0 heterocycles. The van der Waals surface area contributed by atoms with Crippen LogP contribution in [0.4, 0.5) is 11.4 Å². The van der Waals surface area contributed by atoms with Crippen LogP contribution in [0.3, 0.4) is 0 Å². The van der Waals surface area contributed by atoms with E-state index in [9.17, 15) is 9.59 Å². The second kappa shape index (κ2) is 10.7. The summed E-state index contributed by atoms with van der Waals surface area (Å²) < 4.78 is 5.83. The van der Waals surface area contributed by atoms with E-state index in [2.05, 4.69) is 31.9 Å². The van der Waals surface area contributed by atoms with Gasteiger partial charge in [-0.25, -0.2) is 0 Å². The standard InChI is InChI=1S/C23H20BrN3O3S/c1-30-20-11-10-16(13-19(20)24)22(29)27-23(31)26-18-9-5-8-17(14-18)25-21(28)12-15-6-3-2-4-7-15/h2-11,13-14H,12H2,1H3,(H,25,28)(H2,26,27,29,31). The third-order valence-corrected chi connectivity index (χ3v) is 5.08. The molecule has 0 radical (unpaired) electrons. The maximum Gasteiger partial charge on any atom is 0.257 e. The maximum atomic E-state index is 12.4. The normalized spacial score (nSPS) is 10.1. The molecule has 0 unspecified atom stereocenters. The molecule has 158 valence electrons. The molecule has 0 spiro atoms. The summed E-state index contributed by atoms with van der Waals surface area (Å²) in [7, 11) is 1.55. The number of rotatable bonds is 6. The van der Waals surface area contributed by atoms with E-state index < -0.39 is 0 Å². The van der Waals surface area contributed by atoms with Gasteiger partial charge in [0.2, 0.25) is 5.91 Å². The number of benzene rings is 3. The van der Waals surface area contributed by atoms with Crippen LogP contribution in [-0.2, 0) is 11.2 Å². The predicted molar refractivity (Wildman–Crippen MR) is 130 cm³/mol.